The van der Waals surface area contributed by atoms with Gasteiger partial charge in [0.15, 0.2) is 0 Å². The highest BCUT2D eigenvalue weighted by Crippen LogP contribution is 2.30. The molecule has 2 unspecified atom stereocenters. The summed E-state index contributed by atoms with van der Waals surface area (Å²) in [6, 6.07) is 0. The third-order valence-corrected chi connectivity index (χ3v) is 3.67. The van der Waals surface area contributed by atoms with Gasteiger partial charge in [-0.25, -0.2) is 0 Å². The van der Waals surface area contributed by atoms with Crippen molar-refractivity contribution in [2.75, 3.05) is 20.3 Å². The van der Waals surface area contributed by atoms with Crippen LogP contribution < -0.4 is 5.32 Å². The number of piperidine rings is 1. The third-order valence-electron chi connectivity index (χ3n) is 3.67. The average molecular weight is 227 g/mol. The molecule has 0 amide bonds. The van der Waals surface area contributed by atoms with Crippen molar-refractivity contribution in [1.82, 2.24) is 5.32 Å². The maximum absolute atomic E-state index is 11.9. The van der Waals surface area contributed by atoms with E-state index in [9.17, 15) is 4.79 Å². The van der Waals surface area contributed by atoms with Gasteiger partial charge in [-0.2, -0.15) is 0 Å². The molecule has 4 heteroatoms. The molecule has 0 spiro atoms. The van der Waals surface area contributed by atoms with E-state index in [1.165, 1.54) is 7.11 Å². The number of carbonyl (C=O) groups is 1. The first kappa shape index (κ1) is 11.9. The van der Waals surface area contributed by atoms with Gasteiger partial charge in [-0.3, -0.25) is 4.79 Å². The Balaban J connectivity index is 2.03. The van der Waals surface area contributed by atoms with Crippen LogP contribution in [-0.2, 0) is 14.3 Å². The van der Waals surface area contributed by atoms with Gasteiger partial charge in [0.1, 0.15) is 5.54 Å². The molecule has 0 aromatic carbocycles. The second-order valence-corrected chi connectivity index (χ2v) is 4.80. The lowest BCUT2D eigenvalue weighted by molar-refractivity contribution is -0.151. The van der Waals surface area contributed by atoms with Crippen molar-refractivity contribution in [3.05, 3.63) is 0 Å². The fourth-order valence-electron chi connectivity index (χ4n) is 2.79. The summed E-state index contributed by atoms with van der Waals surface area (Å²) < 4.78 is 10.6. The van der Waals surface area contributed by atoms with Crippen LogP contribution in [0.4, 0.5) is 0 Å². The Morgan fingerprint density at radius 2 is 2.38 bits per heavy atom. The molecule has 4 nitrogen and oxygen atoms in total. The lowest BCUT2D eigenvalue weighted by Crippen LogP contribution is -2.56. The number of nitrogens with one attached hydrogen (secondary N) is 1. The molecular weight excluding hydrogens is 206 g/mol. The molecule has 0 saturated carbocycles. The maximum Gasteiger partial charge on any atom is 0.326 e. The van der Waals surface area contributed by atoms with Crippen molar-refractivity contribution < 1.29 is 14.3 Å². The largest absolute Gasteiger partial charge is 0.468 e. The number of esters is 1. The molecule has 2 heterocycles. The van der Waals surface area contributed by atoms with Crippen LogP contribution in [0.1, 0.15) is 38.5 Å². The van der Waals surface area contributed by atoms with Crippen LogP contribution in [-0.4, -0.2) is 37.9 Å². The Bertz CT molecular complexity index is 243. The first-order valence-corrected chi connectivity index (χ1v) is 6.22. The zero-order valence-corrected chi connectivity index (χ0v) is 9.96. The van der Waals surface area contributed by atoms with Crippen molar-refractivity contribution >= 4 is 5.97 Å². The van der Waals surface area contributed by atoms with Crippen LogP contribution in [0.5, 0.6) is 0 Å². The molecule has 2 fully saturated rings. The Kier molecular flexibility index (Phi) is 3.82. The summed E-state index contributed by atoms with van der Waals surface area (Å²) in [7, 11) is 1.47. The number of hydrogen-bond donors (Lipinski definition) is 1. The maximum atomic E-state index is 11.9. The lowest BCUT2D eigenvalue weighted by Gasteiger charge is -2.37. The quantitative estimate of drug-likeness (QED) is 0.737. The van der Waals surface area contributed by atoms with Crippen LogP contribution in [0.25, 0.3) is 0 Å². The molecular formula is C12H21NO3. The highest BCUT2D eigenvalue weighted by Gasteiger charge is 2.43. The van der Waals surface area contributed by atoms with E-state index in [1.807, 2.05) is 0 Å². The van der Waals surface area contributed by atoms with Crippen molar-refractivity contribution in [2.24, 2.45) is 0 Å². The molecule has 1 N–H and O–H groups in total. The van der Waals surface area contributed by atoms with E-state index >= 15 is 0 Å². The minimum atomic E-state index is -0.484. The molecule has 2 atom stereocenters. The second-order valence-electron chi connectivity index (χ2n) is 4.80. The summed E-state index contributed by atoms with van der Waals surface area (Å²) in [5, 5.41) is 3.36. The van der Waals surface area contributed by atoms with E-state index in [0.717, 1.165) is 51.7 Å². The Hall–Kier alpha value is -0.610. The van der Waals surface area contributed by atoms with Crippen LogP contribution >= 0.6 is 0 Å². The van der Waals surface area contributed by atoms with Gasteiger partial charge in [0.2, 0.25) is 0 Å². The number of carbonyl (C=O) groups excluding carboxylic acids is 1. The third kappa shape index (κ3) is 2.38. The van der Waals surface area contributed by atoms with Crippen LogP contribution in [0.3, 0.4) is 0 Å². The molecule has 2 saturated heterocycles. The Morgan fingerprint density at radius 3 is 2.94 bits per heavy atom. The number of rotatable bonds is 3. The molecule has 0 radical (unpaired) electrons. The predicted octanol–water partition coefficient (Wildman–Crippen LogP) is 1.24. The summed E-state index contributed by atoms with van der Waals surface area (Å²) in [6.45, 7) is 1.74. The van der Waals surface area contributed by atoms with E-state index in [1.54, 1.807) is 0 Å². The van der Waals surface area contributed by atoms with Gasteiger partial charge in [-0.15, -0.1) is 0 Å². The fraction of sp³-hybridized carbons (Fsp3) is 0.917. The van der Waals surface area contributed by atoms with Crippen molar-refractivity contribution in [1.29, 1.82) is 0 Å². The fourth-order valence-corrected chi connectivity index (χ4v) is 2.79. The highest BCUT2D eigenvalue weighted by atomic mass is 16.5. The first-order chi connectivity index (χ1) is 7.77. The van der Waals surface area contributed by atoms with Gasteiger partial charge in [0.25, 0.3) is 0 Å². The van der Waals surface area contributed by atoms with Crippen molar-refractivity contribution in [3.63, 3.8) is 0 Å². The number of methoxy groups -OCH3 is 1. The standard InChI is InChI=1S/C12H21NO3/c1-15-11(14)12(6-2-3-7-13-12)9-10-5-4-8-16-10/h10,13H,2-9H2,1H3. The van der Waals surface area contributed by atoms with E-state index in [-0.39, 0.29) is 12.1 Å². The predicted molar refractivity (Wildman–Crippen MR) is 60.2 cm³/mol. The molecule has 0 aromatic heterocycles. The van der Waals surface area contributed by atoms with Gasteiger partial charge in [-0.1, -0.05) is 0 Å². The molecule has 92 valence electrons. The zero-order valence-electron chi connectivity index (χ0n) is 9.96. The van der Waals surface area contributed by atoms with Gasteiger partial charge in [-0.05, 0) is 38.6 Å². The Labute approximate surface area is 96.7 Å². The topological polar surface area (TPSA) is 47.6 Å². The molecule has 2 aliphatic heterocycles. The number of hydrogen-bond acceptors (Lipinski definition) is 4. The SMILES string of the molecule is COC(=O)C1(CC2CCCO2)CCCCN1. The minimum Gasteiger partial charge on any atom is -0.468 e. The van der Waals surface area contributed by atoms with E-state index < -0.39 is 5.54 Å². The monoisotopic (exact) mass is 227 g/mol. The first-order valence-electron chi connectivity index (χ1n) is 6.22. The van der Waals surface area contributed by atoms with Gasteiger partial charge < -0.3 is 14.8 Å². The van der Waals surface area contributed by atoms with Crippen LogP contribution in [0.2, 0.25) is 0 Å². The van der Waals surface area contributed by atoms with E-state index in [4.69, 9.17) is 9.47 Å². The number of ether oxygens (including phenoxy) is 2. The summed E-state index contributed by atoms with van der Waals surface area (Å²) >= 11 is 0. The average Bonchev–Trinajstić information content (AvgIpc) is 2.82. The van der Waals surface area contributed by atoms with Crippen LogP contribution in [0, 0.1) is 0 Å². The van der Waals surface area contributed by atoms with Crippen molar-refractivity contribution in [3.8, 4) is 0 Å². The normalized spacial score (nSPS) is 34.9. The summed E-state index contributed by atoms with van der Waals surface area (Å²) in [4.78, 5) is 11.9. The molecule has 0 aliphatic carbocycles. The molecule has 2 aliphatic rings. The molecule has 16 heavy (non-hydrogen) atoms. The lowest BCUT2D eigenvalue weighted by atomic mass is 9.83. The molecule has 0 bridgehead atoms. The van der Waals surface area contributed by atoms with E-state index in [0.29, 0.717) is 0 Å². The smallest absolute Gasteiger partial charge is 0.326 e. The zero-order chi connectivity index (χ0) is 11.4. The van der Waals surface area contributed by atoms with Gasteiger partial charge in [0, 0.05) is 13.0 Å². The molecule has 0 aromatic rings. The summed E-state index contributed by atoms with van der Waals surface area (Å²) in [6.07, 6.45) is 6.28. The van der Waals surface area contributed by atoms with Gasteiger partial charge >= 0.3 is 5.97 Å². The molecule has 2 rings (SSSR count). The Morgan fingerprint density at radius 1 is 1.50 bits per heavy atom. The van der Waals surface area contributed by atoms with E-state index in [2.05, 4.69) is 5.32 Å². The van der Waals surface area contributed by atoms with Crippen molar-refractivity contribution in [2.45, 2.75) is 50.2 Å². The van der Waals surface area contributed by atoms with Gasteiger partial charge in [0.05, 0.1) is 13.2 Å². The summed E-state index contributed by atoms with van der Waals surface area (Å²) in [5.74, 6) is -0.122. The summed E-state index contributed by atoms with van der Waals surface area (Å²) in [5.41, 5.74) is -0.484. The minimum absolute atomic E-state index is 0.122. The van der Waals surface area contributed by atoms with Crippen LogP contribution in [0.15, 0.2) is 0 Å². The second kappa shape index (κ2) is 5.15. The highest BCUT2D eigenvalue weighted by molar-refractivity contribution is 5.81.